The predicted molar refractivity (Wildman–Crippen MR) is 249 cm³/mol. The van der Waals surface area contributed by atoms with Gasteiger partial charge in [0.2, 0.25) is 17.7 Å². The first-order chi connectivity index (χ1) is 31.5. The molecule has 6 bridgehead atoms. The molecular weight excluding hydrogens is 841 g/mol. The maximum atomic E-state index is 14.7. The molecule has 6 heterocycles. The number of carbonyl (C=O) groups is 5. The number of likely N-dealkylation sites (tertiary alicyclic amines) is 1. The second-order valence-electron chi connectivity index (χ2n) is 19.5. The fourth-order valence-corrected chi connectivity index (χ4v) is 9.96. The second kappa shape index (κ2) is 18.8. The minimum atomic E-state index is -1.17. The van der Waals surface area contributed by atoms with E-state index in [0.29, 0.717) is 56.4 Å². The molecule has 1 unspecified atom stereocenters. The van der Waals surface area contributed by atoms with E-state index >= 15 is 0 Å². The topological polar surface area (TPSA) is 198 Å². The van der Waals surface area contributed by atoms with Crippen LogP contribution in [0.4, 0.5) is 0 Å². The number of phenols is 1. The van der Waals surface area contributed by atoms with Gasteiger partial charge in [0.25, 0.3) is 5.91 Å². The van der Waals surface area contributed by atoms with Crippen molar-refractivity contribution in [1.82, 2.24) is 40.4 Å². The number of nitrogens with one attached hydrogen (secondary N) is 3. The highest BCUT2D eigenvalue weighted by molar-refractivity contribution is 5.97. The number of amides is 4. The molecule has 4 aliphatic heterocycles. The van der Waals surface area contributed by atoms with Gasteiger partial charge in [-0.15, -0.1) is 0 Å². The average Bonchev–Trinajstić information content (AvgIpc) is 4.09. The summed E-state index contributed by atoms with van der Waals surface area (Å²) in [6, 6.07) is 11.5. The number of pyridine rings is 1. The lowest BCUT2D eigenvalue weighted by Crippen LogP contribution is -2.64. The van der Waals surface area contributed by atoms with Crippen molar-refractivity contribution >= 4 is 40.5 Å². The number of fused-ring (bicyclic) bond motifs is 6. The van der Waals surface area contributed by atoms with E-state index < -0.39 is 47.4 Å². The number of likely N-dealkylation sites (N-methyl/N-ethyl adjacent to an activating group) is 1. The Morgan fingerprint density at radius 1 is 1.06 bits per heavy atom. The molecular formula is C50H64N8O8. The predicted octanol–water partition coefficient (Wildman–Crippen LogP) is 4.51. The van der Waals surface area contributed by atoms with E-state index in [9.17, 15) is 29.1 Å². The molecule has 4 aromatic rings. The molecule has 4 aliphatic rings. The number of phenolic OH excluding ortho intramolecular Hbond substituents is 1. The molecule has 3 fully saturated rings. The SMILES string of the molecule is CCn1c(-c2cccnc2[C@H](C)OC)c2c3cc(ccc31)-c1cc(O)cc(c1)C[C@H](NC(=O)C(C(C)C)N(C)C(=O)[C@H]1CCN1C(=O)[C@H]1CN1)C(=O)N1CCC[C@H](N1)C(=O)OCC(C)(C)C2. The third-order valence-electron chi connectivity index (χ3n) is 13.6. The molecule has 4 N–H and O–H groups in total. The summed E-state index contributed by atoms with van der Waals surface area (Å²) in [7, 11) is 3.24. The first-order valence-corrected chi connectivity index (χ1v) is 23.3. The lowest BCUT2D eigenvalue weighted by atomic mass is 9.84. The van der Waals surface area contributed by atoms with Gasteiger partial charge in [-0.2, -0.15) is 0 Å². The number of hydrazine groups is 1. The van der Waals surface area contributed by atoms with E-state index in [1.807, 2.05) is 39.0 Å². The van der Waals surface area contributed by atoms with Crippen molar-refractivity contribution in [3.8, 4) is 28.1 Å². The van der Waals surface area contributed by atoms with Gasteiger partial charge in [0.1, 0.15) is 29.9 Å². The van der Waals surface area contributed by atoms with Crippen LogP contribution in [-0.4, -0.2) is 130 Å². The zero-order valence-corrected chi connectivity index (χ0v) is 39.3. The molecule has 352 valence electrons. The number of ether oxygens (including phenoxy) is 2. The van der Waals surface area contributed by atoms with Crippen LogP contribution in [0.15, 0.2) is 54.7 Å². The van der Waals surface area contributed by atoms with Gasteiger partial charge in [0.05, 0.1) is 30.1 Å². The van der Waals surface area contributed by atoms with Crippen LogP contribution >= 0.6 is 0 Å². The number of hydrogen-bond donors (Lipinski definition) is 4. The number of nitrogens with zero attached hydrogens (tertiary/aromatic N) is 5. The van der Waals surface area contributed by atoms with E-state index in [4.69, 9.17) is 14.5 Å². The molecule has 0 saturated carbocycles. The van der Waals surface area contributed by atoms with Crippen molar-refractivity contribution in [1.29, 1.82) is 0 Å². The third kappa shape index (κ3) is 9.27. The number of cyclic esters (lactones) is 1. The number of aryl methyl sites for hydroxylation is 1. The van der Waals surface area contributed by atoms with E-state index in [1.54, 1.807) is 37.4 Å². The van der Waals surface area contributed by atoms with E-state index in [2.05, 4.69) is 59.6 Å². The van der Waals surface area contributed by atoms with Crippen LogP contribution in [-0.2, 0) is 52.8 Å². The summed E-state index contributed by atoms with van der Waals surface area (Å²) in [5.41, 5.74) is 9.53. The summed E-state index contributed by atoms with van der Waals surface area (Å²) in [6.45, 7) is 14.0. The Labute approximate surface area is 386 Å². The molecule has 2 aromatic heterocycles. The van der Waals surface area contributed by atoms with Crippen molar-refractivity contribution in [3.63, 3.8) is 0 Å². The van der Waals surface area contributed by atoms with Crippen molar-refractivity contribution in [2.75, 3.05) is 40.4 Å². The highest BCUT2D eigenvalue weighted by atomic mass is 16.5. The van der Waals surface area contributed by atoms with Crippen molar-refractivity contribution in [2.45, 2.75) is 117 Å². The standard InChI is InChI=1S/C50H64N8O8/c1-9-56-40-15-14-31-24-35(40)36(44(56)34-12-10-17-51-42(34)29(4)65-8)25-50(5,6)27-66-49(64)37-13-11-18-58(54-37)47(62)38(22-30-20-32(31)23-33(59)21-30)53-45(60)43(28(2)3)55(7)48(63)41-16-19-57(41)46(61)39-26-52-39/h10,12,14-15,17,20-21,23-24,28-29,37-39,41,43,52,54,59H,9,11,13,16,18-19,22,25-27H2,1-8H3,(H,53,60)/t29-,37-,38-,39+,41+,43?/m0/s1. The van der Waals surface area contributed by atoms with Gasteiger partial charge in [-0.05, 0) is 104 Å². The minimum Gasteiger partial charge on any atom is -0.508 e. The van der Waals surface area contributed by atoms with Crippen LogP contribution in [0, 0.1) is 11.3 Å². The van der Waals surface area contributed by atoms with Gasteiger partial charge in [-0.1, -0.05) is 39.8 Å². The molecule has 2 aromatic carbocycles. The van der Waals surface area contributed by atoms with Gasteiger partial charge >= 0.3 is 5.97 Å². The lowest BCUT2D eigenvalue weighted by Gasteiger charge is -2.43. The van der Waals surface area contributed by atoms with Crippen molar-refractivity contribution in [3.05, 3.63) is 71.5 Å². The first-order valence-electron chi connectivity index (χ1n) is 23.3. The molecule has 6 atom stereocenters. The molecule has 8 rings (SSSR count). The zero-order valence-electron chi connectivity index (χ0n) is 39.3. The van der Waals surface area contributed by atoms with Gasteiger partial charge in [0, 0.05) is 74.8 Å². The Morgan fingerprint density at radius 2 is 1.83 bits per heavy atom. The Bertz CT molecular complexity index is 2530. The molecule has 66 heavy (non-hydrogen) atoms. The summed E-state index contributed by atoms with van der Waals surface area (Å²) in [6.07, 6.45) is 3.46. The highest BCUT2D eigenvalue weighted by Gasteiger charge is 2.46. The van der Waals surface area contributed by atoms with Crippen LogP contribution in [0.1, 0.15) is 83.7 Å². The molecule has 0 radical (unpaired) electrons. The maximum Gasteiger partial charge on any atom is 0.324 e. The fraction of sp³-hybridized carbons (Fsp3) is 0.520. The number of benzene rings is 2. The van der Waals surface area contributed by atoms with E-state index in [1.165, 1.54) is 9.91 Å². The molecule has 3 saturated heterocycles. The van der Waals surface area contributed by atoms with Crippen LogP contribution in [0.5, 0.6) is 5.75 Å². The van der Waals surface area contributed by atoms with Crippen LogP contribution < -0.4 is 16.1 Å². The normalized spacial score (nSPS) is 22.8. The largest absolute Gasteiger partial charge is 0.508 e. The molecule has 16 heteroatoms. The number of carbonyl (C=O) groups excluding carboxylic acids is 5. The number of rotatable bonds is 10. The number of aromatic nitrogens is 2. The minimum absolute atomic E-state index is 0.0125. The molecule has 16 nitrogen and oxygen atoms in total. The van der Waals surface area contributed by atoms with Gasteiger partial charge in [0.15, 0.2) is 0 Å². The Morgan fingerprint density at radius 3 is 2.52 bits per heavy atom. The molecule has 0 spiro atoms. The van der Waals surface area contributed by atoms with Gasteiger partial charge in [-0.25, -0.2) is 5.43 Å². The smallest absolute Gasteiger partial charge is 0.324 e. The lowest BCUT2D eigenvalue weighted by molar-refractivity contribution is -0.156. The number of methoxy groups -OCH3 is 1. The highest BCUT2D eigenvalue weighted by Crippen LogP contribution is 2.42. The van der Waals surface area contributed by atoms with Gasteiger partial charge in [-0.3, -0.25) is 34.0 Å². The first kappa shape index (κ1) is 46.7. The maximum absolute atomic E-state index is 14.7. The van der Waals surface area contributed by atoms with Crippen molar-refractivity contribution in [2.24, 2.45) is 11.3 Å². The van der Waals surface area contributed by atoms with Crippen LogP contribution in [0.3, 0.4) is 0 Å². The summed E-state index contributed by atoms with van der Waals surface area (Å²) in [4.78, 5) is 77.7. The Hall–Kier alpha value is -5.84. The second-order valence-corrected chi connectivity index (χ2v) is 19.5. The van der Waals surface area contributed by atoms with E-state index in [-0.39, 0.29) is 55.2 Å². The Kier molecular flexibility index (Phi) is 13.3. The zero-order chi connectivity index (χ0) is 47.2. The monoisotopic (exact) mass is 904 g/mol. The summed E-state index contributed by atoms with van der Waals surface area (Å²) in [5, 5.41) is 19.7. The summed E-state index contributed by atoms with van der Waals surface area (Å²) >= 11 is 0. The van der Waals surface area contributed by atoms with Crippen molar-refractivity contribution < 1.29 is 38.6 Å². The number of aromatic hydroxyl groups is 1. The van der Waals surface area contributed by atoms with Gasteiger partial charge < -0.3 is 39.6 Å². The van der Waals surface area contributed by atoms with Crippen LogP contribution in [0.2, 0.25) is 0 Å². The summed E-state index contributed by atoms with van der Waals surface area (Å²) < 4.78 is 14.2. The summed E-state index contributed by atoms with van der Waals surface area (Å²) in [5.74, 6) is -2.33. The molecule has 4 amide bonds. The Balaban J connectivity index is 1.20. The third-order valence-corrected chi connectivity index (χ3v) is 13.6. The molecule has 0 aliphatic carbocycles. The average molecular weight is 905 g/mol. The van der Waals surface area contributed by atoms with Crippen LogP contribution in [0.25, 0.3) is 33.3 Å². The number of esters is 1. The fourth-order valence-electron chi connectivity index (χ4n) is 9.96. The quantitative estimate of drug-likeness (QED) is 0.129. The van der Waals surface area contributed by atoms with E-state index in [0.717, 1.165) is 39.0 Å². The number of hydrogen-bond acceptors (Lipinski definition) is 11.